The summed E-state index contributed by atoms with van der Waals surface area (Å²) in [4.78, 5) is 15.8. The van der Waals surface area contributed by atoms with Gasteiger partial charge in [0.15, 0.2) is 0 Å². The zero-order valence-electron chi connectivity index (χ0n) is 11.3. The maximum absolute atomic E-state index is 11.9. The molecule has 102 valence electrons. The minimum Gasteiger partial charge on any atom is -0.304 e. The van der Waals surface area contributed by atoms with Crippen molar-refractivity contribution < 1.29 is 4.79 Å². The number of rotatable bonds is 5. The number of hydrogen-bond donors (Lipinski definition) is 2. The Morgan fingerprint density at radius 3 is 2.79 bits per heavy atom. The fourth-order valence-corrected chi connectivity index (χ4v) is 2.01. The first kappa shape index (κ1) is 13.3. The van der Waals surface area contributed by atoms with Crippen molar-refractivity contribution in [3.63, 3.8) is 0 Å². The number of amides is 1. The van der Waals surface area contributed by atoms with Gasteiger partial charge in [0.2, 0.25) is 5.82 Å². The van der Waals surface area contributed by atoms with Crippen molar-refractivity contribution in [2.75, 3.05) is 5.32 Å². The predicted octanol–water partition coefficient (Wildman–Crippen LogP) is 1.92. The van der Waals surface area contributed by atoms with Crippen LogP contribution in [0.2, 0.25) is 0 Å². The lowest BCUT2D eigenvalue weighted by Crippen LogP contribution is -2.19. The first-order valence-corrected chi connectivity index (χ1v) is 6.38. The summed E-state index contributed by atoms with van der Waals surface area (Å²) >= 11 is 0. The second-order valence-corrected chi connectivity index (χ2v) is 4.37. The third-order valence-corrected chi connectivity index (χ3v) is 3.02. The summed E-state index contributed by atoms with van der Waals surface area (Å²) in [5, 5.41) is 13.5. The van der Waals surface area contributed by atoms with Gasteiger partial charge in [-0.05, 0) is 19.8 Å². The molecule has 0 radical (unpaired) electrons. The molecular formula is C12H18N6O. The van der Waals surface area contributed by atoms with E-state index in [1.807, 2.05) is 17.7 Å². The lowest BCUT2D eigenvalue weighted by Gasteiger charge is -2.16. The molecule has 0 saturated carbocycles. The van der Waals surface area contributed by atoms with E-state index in [0.29, 0.717) is 5.82 Å². The molecule has 19 heavy (non-hydrogen) atoms. The van der Waals surface area contributed by atoms with E-state index in [-0.39, 0.29) is 17.8 Å². The highest BCUT2D eigenvalue weighted by Gasteiger charge is 2.17. The highest BCUT2D eigenvalue weighted by Crippen LogP contribution is 2.22. The van der Waals surface area contributed by atoms with Gasteiger partial charge in [-0.2, -0.15) is 10.2 Å². The first-order valence-electron chi connectivity index (χ1n) is 6.38. The number of carbonyl (C=O) groups is 1. The van der Waals surface area contributed by atoms with Crippen LogP contribution in [0.15, 0.2) is 12.4 Å². The molecule has 2 rings (SSSR count). The Bertz CT molecular complexity index is 541. The van der Waals surface area contributed by atoms with E-state index in [4.69, 9.17) is 0 Å². The van der Waals surface area contributed by atoms with E-state index in [9.17, 15) is 4.79 Å². The molecule has 0 saturated heterocycles. The van der Waals surface area contributed by atoms with Gasteiger partial charge in [0, 0.05) is 6.07 Å². The van der Waals surface area contributed by atoms with Crippen LogP contribution in [0.5, 0.6) is 0 Å². The van der Waals surface area contributed by atoms with Crippen LogP contribution in [-0.4, -0.2) is 30.9 Å². The van der Waals surface area contributed by atoms with Crippen LogP contribution in [0.1, 0.15) is 49.0 Å². The lowest BCUT2D eigenvalue weighted by molar-refractivity contribution is 0.101. The summed E-state index contributed by atoms with van der Waals surface area (Å²) in [5.74, 6) is 0.562. The molecule has 0 aromatic carbocycles. The smallest absolute Gasteiger partial charge is 0.294 e. The molecule has 0 fully saturated rings. The van der Waals surface area contributed by atoms with Crippen LogP contribution < -0.4 is 5.32 Å². The Morgan fingerprint density at radius 1 is 1.47 bits per heavy atom. The molecule has 2 aromatic rings. The van der Waals surface area contributed by atoms with Gasteiger partial charge in [0.1, 0.15) is 12.1 Å². The van der Waals surface area contributed by atoms with Gasteiger partial charge in [0.25, 0.3) is 5.91 Å². The van der Waals surface area contributed by atoms with E-state index in [0.717, 1.165) is 18.5 Å². The summed E-state index contributed by atoms with van der Waals surface area (Å²) in [6, 6.07) is 2.13. The van der Waals surface area contributed by atoms with E-state index in [2.05, 4.69) is 39.4 Å². The largest absolute Gasteiger partial charge is 0.304 e. The van der Waals surface area contributed by atoms with Gasteiger partial charge >= 0.3 is 0 Å². The first-order chi connectivity index (χ1) is 9.15. The Balaban J connectivity index is 2.22. The van der Waals surface area contributed by atoms with Crippen molar-refractivity contribution in [1.82, 2.24) is 25.0 Å². The number of hydrogen-bond acceptors (Lipinski definition) is 4. The molecule has 7 nitrogen and oxygen atoms in total. The van der Waals surface area contributed by atoms with Crippen molar-refractivity contribution >= 4 is 11.7 Å². The molecule has 2 N–H and O–H groups in total. The maximum Gasteiger partial charge on any atom is 0.294 e. The second-order valence-electron chi connectivity index (χ2n) is 4.37. The van der Waals surface area contributed by atoms with Crippen LogP contribution >= 0.6 is 0 Å². The normalized spacial score (nSPS) is 10.9. The highest BCUT2D eigenvalue weighted by molar-refractivity contribution is 6.00. The standard InChI is InChI=1S/C12H18N6O/c1-4-9(5-2)18-10(6-8(3)17-18)15-12(19)11-13-7-14-16-11/h6-7,9H,4-5H2,1-3H3,(H,15,19)(H,13,14,16). The van der Waals surface area contributed by atoms with Crippen LogP contribution in [0.25, 0.3) is 0 Å². The maximum atomic E-state index is 11.9. The Hall–Kier alpha value is -2.18. The summed E-state index contributed by atoms with van der Waals surface area (Å²) in [6.07, 6.45) is 3.23. The zero-order chi connectivity index (χ0) is 13.8. The SMILES string of the molecule is CCC(CC)n1nc(C)cc1NC(=O)c1ncn[nH]1. The van der Waals surface area contributed by atoms with E-state index in [1.165, 1.54) is 6.33 Å². The molecule has 0 aliphatic carbocycles. The number of H-pyrrole nitrogens is 1. The van der Waals surface area contributed by atoms with Crippen molar-refractivity contribution in [3.8, 4) is 0 Å². The zero-order valence-corrected chi connectivity index (χ0v) is 11.3. The van der Waals surface area contributed by atoms with E-state index in [1.54, 1.807) is 0 Å². The minimum atomic E-state index is -0.315. The van der Waals surface area contributed by atoms with Gasteiger partial charge in [-0.3, -0.25) is 9.89 Å². The molecule has 0 spiro atoms. The fourth-order valence-electron chi connectivity index (χ4n) is 2.01. The average molecular weight is 262 g/mol. The van der Waals surface area contributed by atoms with Gasteiger partial charge in [0.05, 0.1) is 11.7 Å². The van der Waals surface area contributed by atoms with Crippen LogP contribution in [0.4, 0.5) is 5.82 Å². The average Bonchev–Trinajstić information content (AvgIpc) is 3.01. The minimum absolute atomic E-state index is 0.190. The van der Waals surface area contributed by atoms with Crippen LogP contribution in [0.3, 0.4) is 0 Å². The summed E-state index contributed by atoms with van der Waals surface area (Å²) < 4.78 is 1.86. The molecule has 7 heteroatoms. The monoisotopic (exact) mass is 262 g/mol. The molecular weight excluding hydrogens is 244 g/mol. The number of nitrogens with zero attached hydrogens (tertiary/aromatic N) is 4. The number of carbonyl (C=O) groups excluding carboxylic acids is 1. The quantitative estimate of drug-likeness (QED) is 0.861. The Morgan fingerprint density at radius 2 is 2.21 bits per heavy atom. The van der Waals surface area contributed by atoms with E-state index >= 15 is 0 Å². The highest BCUT2D eigenvalue weighted by atomic mass is 16.2. The molecule has 2 aromatic heterocycles. The van der Waals surface area contributed by atoms with Crippen LogP contribution in [-0.2, 0) is 0 Å². The lowest BCUT2D eigenvalue weighted by atomic mass is 10.2. The number of nitrogens with one attached hydrogen (secondary N) is 2. The van der Waals surface area contributed by atoms with Gasteiger partial charge in [-0.25, -0.2) is 9.67 Å². The second kappa shape index (κ2) is 5.64. The third-order valence-electron chi connectivity index (χ3n) is 3.02. The number of aryl methyl sites for hydroxylation is 1. The number of anilines is 1. The van der Waals surface area contributed by atoms with Crippen molar-refractivity contribution in [2.24, 2.45) is 0 Å². The van der Waals surface area contributed by atoms with Gasteiger partial charge in [-0.15, -0.1) is 0 Å². The molecule has 0 aliphatic rings. The third kappa shape index (κ3) is 2.81. The number of aromatic amines is 1. The van der Waals surface area contributed by atoms with Crippen molar-refractivity contribution in [3.05, 3.63) is 23.9 Å². The fraction of sp³-hybridized carbons (Fsp3) is 0.500. The van der Waals surface area contributed by atoms with Crippen molar-refractivity contribution in [1.29, 1.82) is 0 Å². The molecule has 1 amide bonds. The van der Waals surface area contributed by atoms with Crippen LogP contribution in [0, 0.1) is 6.92 Å². The molecule has 0 bridgehead atoms. The number of aromatic nitrogens is 5. The molecule has 0 atom stereocenters. The van der Waals surface area contributed by atoms with Gasteiger partial charge in [-0.1, -0.05) is 13.8 Å². The summed E-state index contributed by atoms with van der Waals surface area (Å²) in [5.41, 5.74) is 0.875. The topological polar surface area (TPSA) is 88.5 Å². The Labute approximate surface area is 111 Å². The summed E-state index contributed by atoms with van der Waals surface area (Å²) in [7, 11) is 0. The molecule has 2 heterocycles. The summed E-state index contributed by atoms with van der Waals surface area (Å²) in [6.45, 7) is 6.11. The van der Waals surface area contributed by atoms with Crippen molar-refractivity contribution in [2.45, 2.75) is 39.7 Å². The van der Waals surface area contributed by atoms with Gasteiger partial charge < -0.3 is 5.32 Å². The van der Waals surface area contributed by atoms with E-state index < -0.39 is 0 Å². The Kier molecular flexibility index (Phi) is 3.94. The molecule has 0 unspecified atom stereocenters. The molecule has 0 aliphatic heterocycles. The predicted molar refractivity (Wildman–Crippen MR) is 70.9 cm³/mol.